The van der Waals surface area contributed by atoms with E-state index in [1.54, 1.807) is 0 Å². The summed E-state index contributed by atoms with van der Waals surface area (Å²) in [6, 6.07) is 8.89. The first-order valence-electron chi connectivity index (χ1n) is 8.01. The molecule has 2 nitrogen and oxygen atoms in total. The van der Waals surface area contributed by atoms with Crippen LogP contribution >= 0.6 is 0 Å². The molecule has 22 heavy (non-hydrogen) atoms. The van der Waals surface area contributed by atoms with Gasteiger partial charge in [0.2, 0.25) is 0 Å². The van der Waals surface area contributed by atoms with E-state index in [1.165, 1.54) is 24.0 Å². The highest BCUT2D eigenvalue weighted by molar-refractivity contribution is 5.21. The highest BCUT2D eigenvalue weighted by Crippen LogP contribution is 2.22. The number of halogens is 3. The summed E-state index contributed by atoms with van der Waals surface area (Å²) in [6.07, 6.45) is 0.0995. The molecular weight excluding hydrogens is 289 g/mol. The van der Waals surface area contributed by atoms with Gasteiger partial charge < -0.3 is 5.32 Å². The maximum Gasteiger partial charge on any atom is 0.401 e. The normalized spacial score (nSPS) is 20.3. The van der Waals surface area contributed by atoms with E-state index < -0.39 is 12.7 Å². The lowest BCUT2D eigenvalue weighted by molar-refractivity contribution is -0.124. The van der Waals surface area contributed by atoms with Gasteiger partial charge in [-0.2, -0.15) is 13.2 Å². The van der Waals surface area contributed by atoms with Gasteiger partial charge in [0, 0.05) is 12.6 Å². The molecule has 0 spiro atoms. The third kappa shape index (κ3) is 5.97. The Kier molecular flexibility index (Phi) is 6.26. The van der Waals surface area contributed by atoms with Gasteiger partial charge in [-0.25, -0.2) is 0 Å². The van der Waals surface area contributed by atoms with E-state index in [4.69, 9.17) is 0 Å². The molecule has 0 bridgehead atoms. The molecule has 1 aliphatic rings. The summed E-state index contributed by atoms with van der Waals surface area (Å²) in [4.78, 5) is 2.42. The fourth-order valence-corrected chi connectivity index (χ4v) is 3.02. The Balaban J connectivity index is 1.81. The van der Waals surface area contributed by atoms with E-state index in [1.807, 2.05) is 0 Å². The van der Waals surface area contributed by atoms with Gasteiger partial charge in [0.25, 0.3) is 0 Å². The molecule has 0 radical (unpaired) electrons. The van der Waals surface area contributed by atoms with E-state index in [2.05, 4.69) is 41.4 Å². The van der Waals surface area contributed by atoms with Crippen molar-refractivity contribution in [1.29, 1.82) is 0 Å². The van der Waals surface area contributed by atoms with Crippen LogP contribution in [-0.4, -0.2) is 36.8 Å². The minimum absolute atomic E-state index is 0.385. The fourth-order valence-electron chi connectivity index (χ4n) is 3.02. The number of aryl methyl sites for hydroxylation is 1. The van der Waals surface area contributed by atoms with Crippen molar-refractivity contribution in [3.63, 3.8) is 0 Å². The molecular formula is C17H25F3N2. The summed E-state index contributed by atoms with van der Waals surface area (Å²) in [7, 11) is 0. The smallest absolute Gasteiger partial charge is 0.309 e. The molecule has 0 amide bonds. The van der Waals surface area contributed by atoms with E-state index in [0.29, 0.717) is 12.6 Å². The Morgan fingerprint density at radius 2 is 1.91 bits per heavy atom. The number of likely N-dealkylation sites (tertiary alicyclic amines) is 1. The number of rotatable bonds is 6. The summed E-state index contributed by atoms with van der Waals surface area (Å²) in [5, 5.41) is 2.51. The van der Waals surface area contributed by atoms with Crippen LogP contribution in [0.4, 0.5) is 13.2 Å². The molecule has 1 heterocycles. The van der Waals surface area contributed by atoms with Crippen molar-refractivity contribution < 1.29 is 13.2 Å². The molecule has 1 aromatic rings. The zero-order chi connectivity index (χ0) is 16.0. The van der Waals surface area contributed by atoms with Crippen molar-refractivity contribution >= 4 is 0 Å². The lowest BCUT2D eigenvalue weighted by Crippen LogP contribution is -2.41. The largest absolute Gasteiger partial charge is 0.401 e. The molecule has 0 saturated carbocycles. The van der Waals surface area contributed by atoms with E-state index in [9.17, 15) is 13.2 Å². The number of benzene rings is 1. The molecule has 1 saturated heterocycles. The highest BCUT2D eigenvalue weighted by Gasteiger charge is 2.27. The van der Waals surface area contributed by atoms with E-state index in [-0.39, 0.29) is 0 Å². The zero-order valence-electron chi connectivity index (χ0n) is 13.1. The van der Waals surface area contributed by atoms with Gasteiger partial charge in [0.05, 0.1) is 6.54 Å². The number of nitrogens with one attached hydrogen (secondary N) is 1. The minimum atomic E-state index is -4.12. The molecule has 1 fully saturated rings. The lowest BCUT2D eigenvalue weighted by atomic mass is 9.98. The first-order valence-corrected chi connectivity index (χ1v) is 8.01. The second-order valence-corrected chi connectivity index (χ2v) is 6.19. The third-order valence-electron chi connectivity index (χ3n) is 4.24. The Bertz CT molecular complexity index is 442. The van der Waals surface area contributed by atoms with Gasteiger partial charge in [-0.1, -0.05) is 36.2 Å². The van der Waals surface area contributed by atoms with Crippen molar-refractivity contribution in [2.75, 3.05) is 19.6 Å². The standard InChI is InChI=1S/C17H25F3N2/c1-14-5-7-15(8-6-14)12-22-11-3-2-4-16(22)9-10-21-13-17(18,19)20/h5-8,16,21H,2-4,9-13H2,1H3. The van der Waals surface area contributed by atoms with Crippen LogP contribution < -0.4 is 5.32 Å². The van der Waals surface area contributed by atoms with Crippen LogP contribution in [0.3, 0.4) is 0 Å². The fraction of sp³-hybridized carbons (Fsp3) is 0.647. The van der Waals surface area contributed by atoms with Gasteiger partial charge in [0.15, 0.2) is 0 Å². The molecule has 1 aliphatic heterocycles. The molecule has 1 atom stereocenters. The van der Waals surface area contributed by atoms with E-state index in [0.717, 1.165) is 25.9 Å². The lowest BCUT2D eigenvalue weighted by Gasteiger charge is -2.36. The van der Waals surface area contributed by atoms with Gasteiger partial charge in [-0.05, 0) is 44.8 Å². The second-order valence-electron chi connectivity index (χ2n) is 6.19. The molecule has 1 unspecified atom stereocenters. The molecule has 1 N–H and O–H groups in total. The first kappa shape index (κ1) is 17.3. The van der Waals surface area contributed by atoms with Crippen LogP contribution in [0.2, 0.25) is 0 Å². The predicted octanol–water partition coefficient (Wildman–Crippen LogP) is 3.89. The summed E-state index contributed by atoms with van der Waals surface area (Å²) in [6.45, 7) is 3.54. The monoisotopic (exact) mass is 314 g/mol. The Hall–Kier alpha value is -1.07. The predicted molar refractivity (Wildman–Crippen MR) is 82.8 cm³/mol. The van der Waals surface area contributed by atoms with Gasteiger partial charge in [-0.3, -0.25) is 4.90 Å². The maximum absolute atomic E-state index is 12.1. The number of nitrogens with zero attached hydrogens (tertiary/aromatic N) is 1. The molecule has 2 rings (SSSR count). The summed E-state index contributed by atoms with van der Waals surface area (Å²) in [5.74, 6) is 0. The minimum Gasteiger partial charge on any atom is -0.309 e. The van der Waals surface area contributed by atoms with Crippen LogP contribution in [-0.2, 0) is 6.54 Å². The molecule has 0 aliphatic carbocycles. The molecule has 1 aromatic carbocycles. The van der Waals surface area contributed by atoms with Gasteiger partial charge in [-0.15, -0.1) is 0 Å². The Morgan fingerprint density at radius 1 is 1.18 bits per heavy atom. The van der Waals surface area contributed by atoms with Crippen molar-refractivity contribution in [1.82, 2.24) is 10.2 Å². The van der Waals surface area contributed by atoms with E-state index >= 15 is 0 Å². The van der Waals surface area contributed by atoms with Crippen LogP contribution in [0.5, 0.6) is 0 Å². The highest BCUT2D eigenvalue weighted by atomic mass is 19.4. The van der Waals surface area contributed by atoms with Crippen molar-refractivity contribution in [3.05, 3.63) is 35.4 Å². The maximum atomic E-state index is 12.1. The number of alkyl halides is 3. The zero-order valence-corrected chi connectivity index (χ0v) is 13.1. The average molecular weight is 314 g/mol. The second kappa shape index (κ2) is 7.97. The van der Waals surface area contributed by atoms with Crippen LogP contribution in [0.15, 0.2) is 24.3 Å². The first-order chi connectivity index (χ1) is 10.4. The summed E-state index contributed by atoms with van der Waals surface area (Å²) < 4.78 is 36.4. The molecule has 124 valence electrons. The van der Waals surface area contributed by atoms with Crippen molar-refractivity contribution in [3.8, 4) is 0 Å². The topological polar surface area (TPSA) is 15.3 Å². The van der Waals surface area contributed by atoms with Crippen LogP contribution in [0.1, 0.15) is 36.8 Å². The summed E-state index contributed by atoms with van der Waals surface area (Å²) >= 11 is 0. The number of piperidine rings is 1. The average Bonchev–Trinajstić information content (AvgIpc) is 2.46. The molecule has 5 heteroatoms. The third-order valence-corrected chi connectivity index (χ3v) is 4.24. The summed E-state index contributed by atoms with van der Waals surface area (Å²) in [5.41, 5.74) is 2.52. The quantitative estimate of drug-likeness (QED) is 0.801. The number of hydrogen-bond acceptors (Lipinski definition) is 2. The van der Waals surface area contributed by atoms with Crippen LogP contribution in [0.25, 0.3) is 0 Å². The van der Waals surface area contributed by atoms with Crippen molar-refractivity contribution in [2.24, 2.45) is 0 Å². The van der Waals surface area contributed by atoms with Gasteiger partial charge >= 0.3 is 6.18 Å². The van der Waals surface area contributed by atoms with Crippen LogP contribution in [0, 0.1) is 6.92 Å². The molecule has 0 aromatic heterocycles. The Labute approximate surface area is 130 Å². The van der Waals surface area contributed by atoms with Gasteiger partial charge in [0.1, 0.15) is 0 Å². The Morgan fingerprint density at radius 3 is 2.59 bits per heavy atom. The number of hydrogen-bond donors (Lipinski definition) is 1. The van der Waals surface area contributed by atoms with Crippen molar-refractivity contribution in [2.45, 2.75) is 51.4 Å². The SMILES string of the molecule is Cc1ccc(CN2CCCCC2CCNCC(F)(F)F)cc1.